The van der Waals surface area contributed by atoms with Gasteiger partial charge in [0.25, 0.3) is 0 Å². The van der Waals surface area contributed by atoms with Crippen molar-refractivity contribution in [2.75, 3.05) is 6.54 Å². The van der Waals surface area contributed by atoms with Gasteiger partial charge in [-0.25, -0.2) is 0 Å². The summed E-state index contributed by atoms with van der Waals surface area (Å²) >= 11 is 0. The summed E-state index contributed by atoms with van der Waals surface area (Å²) in [4.78, 5) is 22.9. The van der Waals surface area contributed by atoms with Crippen LogP contribution in [0.5, 0.6) is 0 Å². The third-order valence-electron chi connectivity index (χ3n) is 2.80. The Kier molecular flexibility index (Phi) is 2.19. The topological polar surface area (TPSA) is 66.4 Å². The van der Waals surface area contributed by atoms with Crippen LogP contribution >= 0.6 is 0 Å². The Balaban J connectivity index is 2.53. The number of amides is 1. The van der Waals surface area contributed by atoms with Gasteiger partial charge in [0.2, 0.25) is 5.91 Å². The first-order valence-corrected chi connectivity index (χ1v) is 4.75. The molecular formula is C11H11NO3. The predicted octanol–water partition coefficient (Wildman–Crippen LogP) is 0.529. The Morgan fingerprint density at radius 3 is 2.47 bits per heavy atom. The average molecular weight is 205 g/mol. The lowest BCUT2D eigenvalue weighted by molar-refractivity contribution is -0.148. The second-order valence-electron chi connectivity index (χ2n) is 3.58. The number of aliphatic carboxylic acids is 1. The van der Waals surface area contributed by atoms with Gasteiger partial charge in [-0.2, -0.15) is 0 Å². The number of hydrogen-bond acceptors (Lipinski definition) is 2. The Hall–Kier alpha value is -1.84. The maximum Gasteiger partial charge on any atom is 0.323 e. The molecule has 1 atom stereocenters. The fraction of sp³-hybridized carbons (Fsp3) is 0.273. The molecular weight excluding hydrogens is 194 g/mol. The number of carbonyl (C=O) groups is 2. The van der Waals surface area contributed by atoms with Crippen molar-refractivity contribution >= 4 is 11.9 Å². The minimum atomic E-state index is -1.39. The maximum atomic E-state index is 11.6. The van der Waals surface area contributed by atoms with E-state index in [1.54, 1.807) is 30.3 Å². The van der Waals surface area contributed by atoms with E-state index in [0.717, 1.165) is 0 Å². The third kappa shape index (κ3) is 1.29. The van der Waals surface area contributed by atoms with Crippen LogP contribution in [0.2, 0.25) is 0 Å². The number of benzene rings is 1. The van der Waals surface area contributed by atoms with Crippen LogP contribution in [-0.4, -0.2) is 23.5 Å². The third-order valence-corrected chi connectivity index (χ3v) is 2.80. The van der Waals surface area contributed by atoms with Crippen molar-refractivity contribution in [3.63, 3.8) is 0 Å². The quantitative estimate of drug-likeness (QED) is 0.692. The van der Waals surface area contributed by atoms with Crippen LogP contribution in [-0.2, 0) is 15.0 Å². The minimum absolute atomic E-state index is 0.311. The number of hydrogen-bond donors (Lipinski definition) is 2. The molecule has 1 saturated heterocycles. The van der Waals surface area contributed by atoms with Crippen LogP contribution < -0.4 is 5.32 Å². The zero-order chi connectivity index (χ0) is 10.9. The van der Waals surface area contributed by atoms with Gasteiger partial charge in [0, 0.05) is 6.54 Å². The van der Waals surface area contributed by atoms with Crippen LogP contribution in [0.4, 0.5) is 0 Å². The molecule has 4 nitrogen and oxygen atoms in total. The molecule has 2 rings (SSSR count). The van der Waals surface area contributed by atoms with Gasteiger partial charge in [-0.15, -0.1) is 0 Å². The SMILES string of the molecule is O=C(O)C1(c2ccccc2)CCNC1=O. The molecule has 1 aromatic carbocycles. The molecule has 0 spiro atoms. The van der Waals surface area contributed by atoms with Crippen molar-refractivity contribution in [1.82, 2.24) is 5.32 Å². The van der Waals surface area contributed by atoms with Crippen molar-refractivity contribution in [3.8, 4) is 0 Å². The molecule has 78 valence electrons. The van der Waals surface area contributed by atoms with E-state index < -0.39 is 17.3 Å². The molecule has 0 aromatic heterocycles. The summed E-state index contributed by atoms with van der Waals surface area (Å²) in [5, 5.41) is 11.8. The van der Waals surface area contributed by atoms with Gasteiger partial charge >= 0.3 is 5.97 Å². The lowest BCUT2D eigenvalue weighted by atomic mass is 9.79. The molecule has 0 bridgehead atoms. The Morgan fingerprint density at radius 2 is 2.00 bits per heavy atom. The van der Waals surface area contributed by atoms with Gasteiger partial charge in [0.05, 0.1) is 0 Å². The van der Waals surface area contributed by atoms with Crippen molar-refractivity contribution in [1.29, 1.82) is 0 Å². The zero-order valence-electron chi connectivity index (χ0n) is 8.06. The van der Waals surface area contributed by atoms with E-state index in [2.05, 4.69) is 5.32 Å². The molecule has 0 radical (unpaired) electrons. The number of carboxylic acid groups (broad SMARTS) is 1. The Labute approximate surface area is 86.9 Å². The minimum Gasteiger partial charge on any atom is -0.480 e. The van der Waals surface area contributed by atoms with Gasteiger partial charge in [0.1, 0.15) is 0 Å². The molecule has 1 aliphatic heterocycles. The lowest BCUT2D eigenvalue weighted by Crippen LogP contribution is -2.42. The van der Waals surface area contributed by atoms with Crippen molar-refractivity contribution < 1.29 is 14.7 Å². The molecule has 4 heteroatoms. The highest BCUT2D eigenvalue weighted by Gasteiger charge is 2.50. The Bertz CT molecular complexity index is 402. The highest BCUT2D eigenvalue weighted by Crippen LogP contribution is 2.31. The van der Waals surface area contributed by atoms with Gasteiger partial charge in [-0.1, -0.05) is 30.3 Å². The van der Waals surface area contributed by atoms with E-state index in [0.29, 0.717) is 18.5 Å². The number of nitrogens with one attached hydrogen (secondary N) is 1. The molecule has 1 amide bonds. The van der Waals surface area contributed by atoms with E-state index in [9.17, 15) is 14.7 Å². The molecule has 1 unspecified atom stereocenters. The maximum absolute atomic E-state index is 11.6. The average Bonchev–Trinajstić information content (AvgIpc) is 2.62. The summed E-state index contributed by atoms with van der Waals surface area (Å²) in [5.41, 5.74) is -0.839. The molecule has 0 aliphatic carbocycles. The predicted molar refractivity (Wildman–Crippen MR) is 53.4 cm³/mol. The second kappa shape index (κ2) is 3.38. The first-order valence-electron chi connectivity index (χ1n) is 4.75. The number of rotatable bonds is 2. The monoisotopic (exact) mass is 205 g/mol. The van der Waals surface area contributed by atoms with E-state index in [1.165, 1.54) is 0 Å². The summed E-state index contributed by atoms with van der Waals surface area (Å²) in [7, 11) is 0. The normalized spacial score (nSPS) is 24.9. The largest absolute Gasteiger partial charge is 0.480 e. The summed E-state index contributed by atoms with van der Waals surface area (Å²) in [5.74, 6) is -1.50. The molecule has 1 fully saturated rings. The number of carbonyl (C=O) groups excluding carboxylic acids is 1. The van der Waals surface area contributed by atoms with E-state index >= 15 is 0 Å². The summed E-state index contributed by atoms with van der Waals surface area (Å²) in [6.07, 6.45) is 0.311. The standard InChI is InChI=1S/C11H11NO3/c13-9-11(10(14)15,6-7-12-9)8-4-2-1-3-5-8/h1-5H,6-7H2,(H,12,13)(H,14,15). The number of carboxylic acids is 1. The van der Waals surface area contributed by atoms with Gasteiger partial charge in [0.15, 0.2) is 5.41 Å². The molecule has 1 aliphatic rings. The van der Waals surface area contributed by atoms with Crippen LogP contribution in [0.25, 0.3) is 0 Å². The van der Waals surface area contributed by atoms with Crippen LogP contribution in [0.1, 0.15) is 12.0 Å². The van der Waals surface area contributed by atoms with Crippen molar-refractivity contribution in [2.24, 2.45) is 0 Å². The van der Waals surface area contributed by atoms with E-state index in [1.807, 2.05) is 0 Å². The van der Waals surface area contributed by atoms with Gasteiger partial charge in [-0.3, -0.25) is 9.59 Å². The fourth-order valence-corrected chi connectivity index (χ4v) is 1.95. The molecule has 1 heterocycles. The van der Waals surface area contributed by atoms with Crippen LogP contribution in [0.15, 0.2) is 30.3 Å². The lowest BCUT2D eigenvalue weighted by Gasteiger charge is -2.20. The molecule has 0 saturated carbocycles. The van der Waals surface area contributed by atoms with Crippen molar-refractivity contribution in [2.45, 2.75) is 11.8 Å². The first-order chi connectivity index (χ1) is 7.18. The zero-order valence-corrected chi connectivity index (χ0v) is 8.06. The summed E-state index contributed by atoms with van der Waals surface area (Å²) in [6, 6.07) is 8.64. The fourth-order valence-electron chi connectivity index (χ4n) is 1.95. The summed E-state index contributed by atoms with van der Waals surface area (Å²) in [6.45, 7) is 0.417. The van der Waals surface area contributed by atoms with Crippen LogP contribution in [0, 0.1) is 0 Å². The van der Waals surface area contributed by atoms with E-state index in [4.69, 9.17) is 0 Å². The molecule has 1 aromatic rings. The molecule has 15 heavy (non-hydrogen) atoms. The highest BCUT2D eigenvalue weighted by molar-refractivity contribution is 6.09. The highest BCUT2D eigenvalue weighted by atomic mass is 16.4. The second-order valence-corrected chi connectivity index (χ2v) is 3.58. The molecule has 2 N–H and O–H groups in total. The summed E-state index contributed by atoms with van der Waals surface area (Å²) < 4.78 is 0. The first kappa shape index (κ1) is 9.71. The van der Waals surface area contributed by atoms with Crippen molar-refractivity contribution in [3.05, 3.63) is 35.9 Å². The Morgan fingerprint density at radius 1 is 1.33 bits per heavy atom. The van der Waals surface area contributed by atoms with Gasteiger partial charge in [-0.05, 0) is 12.0 Å². The van der Waals surface area contributed by atoms with E-state index in [-0.39, 0.29) is 0 Å². The van der Waals surface area contributed by atoms with Crippen LogP contribution in [0.3, 0.4) is 0 Å². The van der Waals surface area contributed by atoms with Gasteiger partial charge < -0.3 is 10.4 Å². The smallest absolute Gasteiger partial charge is 0.323 e.